The zero-order valence-corrected chi connectivity index (χ0v) is 19.1. The molecule has 156 valence electrons. The van der Waals surface area contributed by atoms with Crippen molar-refractivity contribution < 1.29 is 9.59 Å². The molecular formula is C21H21BrN4O3S. The van der Waals surface area contributed by atoms with Gasteiger partial charge in [-0.15, -0.1) is 0 Å². The van der Waals surface area contributed by atoms with E-state index in [0.717, 1.165) is 4.47 Å². The highest BCUT2D eigenvalue weighted by atomic mass is 79.9. The van der Waals surface area contributed by atoms with E-state index in [1.54, 1.807) is 47.9 Å². The first-order valence-corrected chi connectivity index (χ1v) is 11.0. The number of halogens is 1. The zero-order chi connectivity index (χ0) is 21.8. The molecule has 0 bridgehead atoms. The van der Waals surface area contributed by atoms with E-state index in [4.69, 9.17) is 0 Å². The van der Waals surface area contributed by atoms with Gasteiger partial charge in [0.15, 0.2) is 5.16 Å². The monoisotopic (exact) mass is 488 g/mol. The number of carbonyl (C=O) groups excluding carboxylic acids is 2. The lowest BCUT2D eigenvalue weighted by atomic mass is 10.2. The summed E-state index contributed by atoms with van der Waals surface area (Å²) in [6.45, 7) is 5.53. The van der Waals surface area contributed by atoms with Gasteiger partial charge in [-0.05, 0) is 56.3 Å². The molecule has 2 amide bonds. The third-order valence-electron chi connectivity index (χ3n) is 4.32. The van der Waals surface area contributed by atoms with Gasteiger partial charge in [-0.3, -0.25) is 19.0 Å². The van der Waals surface area contributed by atoms with Crippen LogP contribution in [-0.2, 0) is 16.1 Å². The smallest absolute Gasteiger partial charge is 0.262 e. The van der Waals surface area contributed by atoms with Gasteiger partial charge < -0.3 is 10.6 Å². The normalized spacial score (nSPS) is 11.9. The van der Waals surface area contributed by atoms with Crippen LogP contribution in [-0.4, -0.2) is 26.6 Å². The lowest BCUT2D eigenvalue weighted by molar-refractivity contribution is -0.115. The number of hydrogen-bond acceptors (Lipinski definition) is 5. The summed E-state index contributed by atoms with van der Waals surface area (Å²) in [5, 5.41) is 6.08. The summed E-state index contributed by atoms with van der Waals surface area (Å²) in [5.41, 5.74) is 1.73. The number of carbonyl (C=O) groups is 2. The number of thioether (sulfide) groups is 1. The van der Waals surface area contributed by atoms with Crippen LogP contribution >= 0.6 is 27.7 Å². The van der Waals surface area contributed by atoms with Crippen LogP contribution < -0.4 is 16.2 Å². The molecule has 0 radical (unpaired) electrons. The Kier molecular flexibility index (Phi) is 6.94. The summed E-state index contributed by atoms with van der Waals surface area (Å²) in [6, 6.07) is 12.2. The third kappa shape index (κ3) is 5.09. The Labute approximate surface area is 186 Å². The molecule has 3 aromatic rings. The maximum Gasteiger partial charge on any atom is 0.262 e. The minimum Gasteiger partial charge on any atom is -0.326 e. The Morgan fingerprint density at radius 1 is 1.13 bits per heavy atom. The molecule has 7 nitrogen and oxygen atoms in total. The number of nitrogens with zero attached hydrogens (tertiary/aromatic N) is 2. The predicted molar refractivity (Wildman–Crippen MR) is 124 cm³/mol. The van der Waals surface area contributed by atoms with Crippen molar-refractivity contribution in [3.05, 3.63) is 57.3 Å². The largest absolute Gasteiger partial charge is 0.326 e. The summed E-state index contributed by atoms with van der Waals surface area (Å²) in [6.07, 6.45) is 0. The highest BCUT2D eigenvalue weighted by Crippen LogP contribution is 2.25. The van der Waals surface area contributed by atoms with Gasteiger partial charge in [0.1, 0.15) is 0 Å². The van der Waals surface area contributed by atoms with E-state index in [0.29, 0.717) is 34.0 Å². The summed E-state index contributed by atoms with van der Waals surface area (Å²) < 4.78 is 2.39. The summed E-state index contributed by atoms with van der Waals surface area (Å²) in [4.78, 5) is 41.2. The molecule has 3 rings (SSSR count). The van der Waals surface area contributed by atoms with Gasteiger partial charge in [0.05, 0.1) is 16.2 Å². The number of benzene rings is 2. The third-order valence-corrected chi connectivity index (χ3v) is 5.90. The van der Waals surface area contributed by atoms with Crippen LogP contribution in [0.2, 0.25) is 0 Å². The molecule has 0 spiro atoms. The fourth-order valence-electron chi connectivity index (χ4n) is 2.84. The molecule has 0 aliphatic heterocycles. The van der Waals surface area contributed by atoms with Crippen molar-refractivity contribution in [1.29, 1.82) is 0 Å². The van der Waals surface area contributed by atoms with Crippen LogP contribution in [0.15, 0.2) is 56.9 Å². The molecule has 30 heavy (non-hydrogen) atoms. The lowest BCUT2D eigenvalue weighted by Crippen LogP contribution is -2.26. The van der Waals surface area contributed by atoms with Gasteiger partial charge in [0.2, 0.25) is 11.8 Å². The number of nitrogens with one attached hydrogen (secondary N) is 2. The minimum atomic E-state index is -0.474. The van der Waals surface area contributed by atoms with Crippen LogP contribution in [0.4, 0.5) is 11.4 Å². The van der Waals surface area contributed by atoms with Gasteiger partial charge in [-0.2, -0.15) is 0 Å². The second-order valence-electron chi connectivity index (χ2n) is 6.61. The van der Waals surface area contributed by atoms with E-state index in [9.17, 15) is 14.4 Å². The average Bonchev–Trinajstić information content (AvgIpc) is 2.70. The Morgan fingerprint density at radius 3 is 2.37 bits per heavy atom. The summed E-state index contributed by atoms with van der Waals surface area (Å²) >= 11 is 4.62. The highest BCUT2D eigenvalue weighted by Gasteiger charge is 2.19. The van der Waals surface area contributed by atoms with Crippen LogP contribution in [0.3, 0.4) is 0 Å². The van der Waals surface area contributed by atoms with E-state index in [-0.39, 0.29) is 17.4 Å². The van der Waals surface area contributed by atoms with Crippen molar-refractivity contribution in [3.8, 4) is 0 Å². The standard InChI is InChI=1S/C21H21BrN4O3S/c1-4-26-20(29)17-11-14(22)5-10-18(17)25-21(26)30-12(2)19(28)24-16-8-6-15(7-9-16)23-13(3)27/h5-12H,4H2,1-3H3,(H,23,27)(H,24,28). The topological polar surface area (TPSA) is 93.1 Å². The second-order valence-corrected chi connectivity index (χ2v) is 8.84. The average molecular weight is 489 g/mol. The maximum absolute atomic E-state index is 12.8. The van der Waals surface area contributed by atoms with Crippen LogP contribution in [0.1, 0.15) is 20.8 Å². The molecule has 1 aromatic heterocycles. The van der Waals surface area contributed by atoms with E-state index in [2.05, 4.69) is 31.5 Å². The Morgan fingerprint density at radius 2 is 1.77 bits per heavy atom. The summed E-state index contributed by atoms with van der Waals surface area (Å²) in [5.74, 6) is -0.367. The Bertz CT molecular complexity index is 1160. The lowest BCUT2D eigenvalue weighted by Gasteiger charge is -2.15. The molecule has 0 aliphatic rings. The minimum absolute atomic E-state index is 0.132. The van der Waals surface area contributed by atoms with Crippen molar-refractivity contribution in [2.75, 3.05) is 10.6 Å². The van der Waals surface area contributed by atoms with Crippen LogP contribution in [0.5, 0.6) is 0 Å². The molecule has 0 saturated carbocycles. The SMILES string of the molecule is CCn1c(SC(C)C(=O)Nc2ccc(NC(C)=O)cc2)nc2ccc(Br)cc2c1=O. The molecular weight excluding hydrogens is 468 g/mol. The van der Waals surface area contributed by atoms with E-state index in [1.165, 1.54) is 18.7 Å². The van der Waals surface area contributed by atoms with E-state index in [1.807, 2.05) is 13.0 Å². The molecule has 1 unspecified atom stereocenters. The number of amides is 2. The van der Waals surface area contributed by atoms with E-state index < -0.39 is 5.25 Å². The second kappa shape index (κ2) is 9.44. The number of anilines is 2. The molecule has 1 atom stereocenters. The molecule has 0 fully saturated rings. The van der Waals surface area contributed by atoms with Gasteiger partial charge in [-0.25, -0.2) is 4.98 Å². The highest BCUT2D eigenvalue weighted by molar-refractivity contribution is 9.10. The molecule has 9 heteroatoms. The van der Waals surface area contributed by atoms with Crippen molar-refractivity contribution in [2.45, 2.75) is 37.7 Å². The fourth-order valence-corrected chi connectivity index (χ4v) is 4.17. The number of hydrogen-bond donors (Lipinski definition) is 2. The fraction of sp³-hybridized carbons (Fsp3) is 0.238. The van der Waals surface area contributed by atoms with Crippen molar-refractivity contribution in [3.63, 3.8) is 0 Å². The van der Waals surface area contributed by atoms with Crippen molar-refractivity contribution in [2.24, 2.45) is 0 Å². The number of fused-ring (bicyclic) bond motifs is 1. The summed E-state index contributed by atoms with van der Waals surface area (Å²) in [7, 11) is 0. The molecule has 2 N–H and O–H groups in total. The Balaban J connectivity index is 1.78. The predicted octanol–water partition coefficient (Wildman–Crippen LogP) is 4.26. The number of aromatic nitrogens is 2. The molecule has 0 saturated heterocycles. The Hall–Kier alpha value is -2.65. The molecule has 2 aromatic carbocycles. The first kappa shape index (κ1) is 22.0. The zero-order valence-electron chi connectivity index (χ0n) is 16.7. The molecule has 1 heterocycles. The maximum atomic E-state index is 12.8. The van der Waals surface area contributed by atoms with Gasteiger partial charge in [0.25, 0.3) is 5.56 Å². The van der Waals surface area contributed by atoms with Gasteiger partial charge >= 0.3 is 0 Å². The first-order valence-electron chi connectivity index (χ1n) is 9.33. The van der Waals surface area contributed by atoms with Crippen molar-refractivity contribution in [1.82, 2.24) is 9.55 Å². The van der Waals surface area contributed by atoms with E-state index >= 15 is 0 Å². The molecule has 0 aliphatic carbocycles. The van der Waals surface area contributed by atoms with Crippen molar-refractivity contribution >= 4 is 61.8 Å². The van der Waals surface area contributed by atoms with Crippen LogP contribution in [0.25, 0.3) is 10.9 Å². The van der Waals surface area contributed by atoms with Crippen LogP contribution in [0, 0.1) is 0 Å². The van der Waals surface area contributed by atoms with Gasteiger partial charge in [0, 0.05) is 29.3 Å². The first-order chi connectivity index (χ1) is 14.3. The number of rotatable bonds is 6. The quantitative estimate of drug-likeness (QED) is 0.399. The van der Waals surface area contributed by atoms with Gasteiger partial charge in [-0.1, -0.05) is 27.7 Å².